The maximum absolute atomic E-state index is 10.6. The summed E-state index contributed by atoms with van der Waals surface area (Å²) in [6.45, 7) is 2.87. The molecule has 0 amide bonds. The zero-order valence-corrected chi connectivity index (χ0v) is 11.6. The predicted molar refractivity (Wildman–Crippen MR) is 77.2 cm³/mol. The smallest absolute Gasteiger partial charge is 0.321 e. The van der Waals surface area contributed by atoms with Crippen molar-refractivity contribution in [3.8, 4) is 0 Å². The number of rotatable bonds is 6. The molecule has 1 aromatic heterocycles. The van der Waals surface area contributed by atoms with Crippen molar-refractivity contribution in [3.63, 3.8) is 0 Å². The van der Waals surface area contributed by atoms with Crippen LogP contribution in [0.5, 0.6) is 0 Å². The first-order chi connectivity index (χ1) is 9.13. The molecule has 0 aliphatic carbocycles. The number of thioether (sulfide) groups is 1. The van der Waals surface area contributed by atoms with Crippen LogP contribution in [0.15, 0.2) is 24.3 Å². The summed E-state index contributed by atoms with van der Waals surface area (Å²) in [4.78, 5) is 10.6. The Labute approximate surface area is 115 Å². The van der Waals surface area contributed by atoms with Gasteiger partial charge in [0.05, 0.1) is 11.2 Å². The van der Waals surface area contributed by atoms with Crippen LogP contribution in [0.2, 0.25) is 0 Å². The van der Waals surface area contributed by atoms with Crippen molar-refractivity contribution in [1.82, 2.24) is 9.78 Å². The Bertz CT molecular complexity index is 582. The van der Waals surface area contributed by atoms with Gasteiger partial charge in [0, 0.05) is 23.4 Å². The molecule has 5 nitrogen and oxygen atoms in total. The van der Waals surface area contributed by atoms with E-state index in [1.54, 1.807) is 0 Å². The summed E-state index contributed by atoms with van der Waals surface area (Å²) in [7, 11) is 0. The molecule has 0 saturated carbocycles. The van der Waals surface area contributed by atoms with Gasteiger partial charge >= 0.3 is 5.97 Å². The highest BCUT2D eigenvalue weighted by Gasteiger charge is 2.13. The lowest BCUT2D eigenvalue weighted by Crippen LogP contribution is -2.32. The quantitative estimate of drug-likeness (QED) is 0.841. The van der Waals surface area contributed by atoms with E-state index in [1.165, 1.54) is 11.8 Å². The number of aromatic nitrogens is 2. The second-order valence-corrected chi connectivity index (χ2v) is 5.27. The third-order valence-electron chi connectivity index (χ3n) is 2.89. The maximum Gasteiger partial charge on any atom is 0.321 e. The van der Waals surface area contributed by atoms with E-state index < -0.39 is 12.0 Å². The minimum atomic E-state index is -0.962. The first-order valence-corrected chi connectivity index (χ1v) is 7.29. The van der Waals surface area contributed by atoms with Crippen LogP contribution in [0.3, 0.4) is 0 Å². The zero-order valence-electron chi connectivity index (χ0n) is 10.7. The molecular formula is C13H17N3O2S. The molecular weight excluding hydrogens is 262 g/mol. The number of nitrogens with two attached hydrogens (primary N) is 1. The van der Waals surface area contributed by atoms with E-state index in [0.29, 0.717) is 11.5 Å². The van der Waals surface area contributed by atoms with E-state index >= 15 is 0 Å². The van der Waals surface area contributed by atoms with Crippen molar-refractivity contribution in [1.29, 1.82) is 0 Å². The highest BCUT2D eigenvalue weighted by atomic mass is 32.2. The van der Waals surface area contributed by atoms with E-state index in [1.807, 2.05) is 28.9 Å². The number of benzene rings is 1. The van der Waals surface area contributed by atoms with Crippen molar-refractivity contribution in [2.24, 2.45) is 5.73 Å². The lowest BCUT2D eigenvalue weighted by molar-refractivity contribution is -0.137. The van der Waals surface area contributed by atoms with Gasteiger partial charge in [-0.3, -0.25) is 9.48 Å². The fourth-order valence-corrected chi connectivity index (χ4v) is 2.82. The molecule has 2 aromatic rings. The number of carboxylic acid groups (broad SMARTS) is 1. The van der Waals surface area contributed by atoms with Crippen molar-refractivity contribution < 1.29 is 9.90 Å². The predicted octanol–water partition coefficient (Wildman–Crippen LogP) is 1.70. The lowest BCUT2D eigenvalue weighted by Gasteiger charge is -2.04. The average molecular weight is 279 g/mol. The minimum Gasteiger partial charge on any atom is -0.480 e. The number of nitrogens with zero attached hydrogens (tertiary/aromatic N) is 2. The molecule has 2 rings (SSSR count). The Morgan fingerprint density at radius 1 is 1.53 bits per heavy atom. The van der Waals surface area contributed by atoms with Gasteiger partial charge in [-0.15, -0.1) is 0 Å². The molecule has 1 atom stereocenters. The molecule has 6 heteroatoms. The van der Waals surface area contributed by atoms with Gasteiger partial charge in [0.15, 0.2) is 0 Å². The Hall–Kier alpha value is -1.53. The van der Waals surface area contributed by atoms with Crippen LogP contribution in [0.1, 0.15) is 12.6 Å². The van der Waals surface area contributed by atoms with Crippen LogP contribution in [-0.4, -0.2) is 32.7 Å². The van der Waals surface area contributed by atoms with Crippen molar-refractivity contribution >= 4 is 28.6 Å². The second kappa shape index (κ2) is 6.08. The number of fused-ring (bicyclic) bond motifs is 1. The average Bonchev–Trinajstić information content (AvgIpc) is 2.77. The highest BCUT2D eigenvalue weighted by molar-refractivity contribution is 7.98. The van der Waals surface area contributed by atoms with Gasteiger partial charge in [-0.1, -0.05) is 18.2 Å². The Morgan fingerprint density at radius 2 is 2.26 bits per heavy atom. The van der Waals surface area contributed by atoms with E-state index in [4.69, 9.17) is 10.8 Å². The fraction of sp³-hybridized carbons (Fsp3) is 0.385. The van der Waals surface area contributed by atoms with Crippen LogP contribution < -0.4 is 5.73 Å². The van der Waals surface area contributed by atoms with E-state index in [-0.39, 0.29) is 0 Å². The summed E-state index contributed by atoms with van der Waals surface area (Å²) >= 11 is 1.50. The van der Waals surface area contributed by atoms with E-state index in [2.05, 4.69) is 12.0 Å². The third-order valence-corrected chi connectivity index (χ3v) is 3.96. The van der Waals surface area contributed by atoms with E-state index in [0.717, 1.165) is 23.1 Å². The summed E-state index contributed by atoms with van der Waals surface area (Å²) in [6, 6.07) is 7.25. The molecule has 0 bridgehead atoms. The Kier molecular flexibility index (Phi) is 4.44. The topological polar surface area (TPSA) is 81.1 Å². The summed E-state index contributed by atoms with van der Waals surface area (Å²) in [5.41, 5.74) is 7.58. The monoisotopic (exact) mass is 279 g/mol. The molecule has 0 fully saturated rings. The van der Waals surface area contributed by atoms with Crippen LogP contribution in [0, 0.1) is 0 Å². The molecule has 0 aliphatic heterocycles. The fourth-order valence-electron chi connectivity index (χ4n) is 1.90. The minimum absolute atomic E-state index is 0.392. The second-order valence-electron chi connectivity index (χ2n) is 4.24. The molecule has 19 heavy (non-hydrogen) atoms. The molecule has 1 aromatic carbocycles. The summed E-state index contributed by atoms with van der Waals surface area (Å²) < 4.78 is 1.96. The number of carbonyl (C=O) groups is 1. The lowest BCUT2D eigenvalue weighted by atomic mass is 10.2. The first-order valence-electron chi connectivity index (χ1n) is 6.14. The number of hydrogen-bond acceptors (Lipinski definition) is 4. The standard InChI is InChI=1S/C13H17N3O2S/c1-2-16-12-6-4-3-5-9(12)11(15-16)8-19-7-10(14)13(17)18/h3-6,10H,2,7-8,14H2,1H3,(H,17,18). The van der Waals surface area contributed by atoms with Crippen LogP contribution in [0.25, 0.3) is 10.9 Å². The number of aliphatic carboxylic acids is 1. The molecule has 0 saturated heterocycles. The molecule has 102 valence electrons. The van der Waals surface area contributed by atoms with Gasteiger partial charge in [-0.2, -0.15) is 16.9 Å². The van der Waals surface area contributed by atoms with Crippen molar-refractivity contribution in [3.05, 3.63) is 30.0 Å². The van der Waals surface area contributed by atoms with Gasteiger partial charge in [0.1, 0.15) is 6.04 Å². The summed E-state index contributed by atoms with van der Waals surface area (Å²) in [6.07, 6.45) is 0. The van der Waals surface area contributed by atoms with Crippen molar-refractivity contribution in [2.75, 3.05) is 5.75 Å². The molecule has 0 spiro atoms. The molecule has 1 heterocycles. The van der Waals surface area contributed by atoms with Crippen molar-refractivity contribution in [2.45, 2.75) is 25.3 Å². The van der Waals surface area contributed by atoms with Crippen LogP contribution in [0.4, 0.5) is 0 Å². The normalized spacial score (nSPS) is 12.7. The summed E-state index contributed by atoms with van der Waals surface area (Å²) in [5, 5.41) is 14.4. The third kappa shape index (κ3) is 3.08. The number of aryl methyl sites for hydroxylation is 1. The van der Waals surface area contributed by atoms with Gasteiger partial charge < -0.3 is 10.8 Å². The zero-order chi connectivity index (χ0) is 13.8. The molecule has 0 radical (unpaired) electrons. The van der Waals surface area contributed by atoms with Gasteiger partial charge in [0.25, 0.3) is 0 Å². The largest absolute Gasteiger partial charge is 0.480 e. The van der Waals surface area contributed by atoms with Crippen LogP contribution >= 0.6 is 11.8 Å². The highest BCUT2D eigenvalue weighted by Crippen LogP contribution is 2.22. The van der Waals surface area contributed by atoms with Gasteiger partial charge in [0.2, 0.25) is 0 Å². The number of hydrogen-bond donors (Lipinski definition) is 2. The SMILES string of the molecule is CCn1nc(CSCC(N)C(=O)O)c2ccccc21. The molecule has 1 unspecified atom stereocenters. The summed E-state index contributed by atoms with van der Waals surface area (Å²) in [5.74, 6) is 0.105. The van der Waals surface area contributed by atoms with Crippen LogP contribution in [-0.2, 0) is 17.1 Å². The van der Waals surface area contributed by atoms with E-state index in [9.17, 15) is 4.79 Å². The number of para-hydroxylation sites is 1. The molecule has 0 aliphatic rings. The Balaban J connectivity index is 2.10. The van der Waals surface area contributed by atoms with Gasteiger partial charge in [-0.25, -0.2) is 0 Å². The number of carboxylic acids is 1. The maximum atomic E-state index is 10.6. The molecule has 3 N–H and O–H groups in total. The Morgan fingerprint density at radius 3 is 2.95 bits per heavy atom. The first kappa shape index (κ1) is 13.9. The van der Waals surface area contributed by atoms with Gasteiger partial charge in [-0.05, 0) is 13.0 Å².